The second-order valence-corrected chi connectivity index (χ2v) is 7.85. The molecule has 1 aromatic carbocycles. The average Bonchev–Trinajstić information content (AvgIpc) is 3.28. The van der Waals surface area contributed by atoms with Crippen molar-refractivity contribution in [1.29, 1.82) is 0 Å². The van der Waals surface area contributed by atoms with Crippen molar-refractivity contribution in [2.45, 2.75) is 24.8 Å². The van der Waals surface area contributed by atoms with Gasteiger partial charge in [-0.25, -0.2) is 4.98 Å². The quantitative estimate of drug-likeness (QED) is 0.768. The van der Waals surface area contributed by atoms with Crippen LogP contribution in [0.4, 0.5) is 0 Å². The topological polar surface area (TPSA) is 63.1 Å². The number of likely N-dealkylation sites (tertiary alicyclic amines) is 1. The van der Waals surface area contributed by atoms with Crippen molar-refractivity contribution in [2.75, 3.05) is 20.1 Å². The Labute approximate surface area is 156 Å². The van der Waals surface area contributed by atoms with Crippen molar-refractivity contribution in [3.05, 3.63) is 47.2 Å². The molecule has 1 saturated heterocycles. The number of nitrogens with zero attached hydrogens (tertiary/aromatic N) is 4. The number of amides is 1. The smallest absolute Gasteiger partial charge is 0.244 e. The number of carbonyl (C=O) groups excluding carboxylic acids is 1. The Hall–Kier alpha value is -2.25. The zero-order chi connectivity index (χ0) is 18.1. The normalized spacial score (nSPS) is 16.9. The number of hydrogen-bond acceptors (Lipinski definition) is 5. The maximum atomic E-state index is 12.9. The van der Waals surface area contributed by atoms with Crippen molar-refractivity contribution in [2.24, 2.45) is 7.05 Å². The number of hydrogen-bond donors (Lipinski definition) is 1. The highest BCUT2D eigenvalue weighted by atomic mass is 32.1. The van der Waals surface area contributed by atoms with Gasteiger partial charge in [0.25, 0.3) is 0 Å². The molecule has 1 aliphatic heterocycles. The summed E-state index contributed by atoms with van der Waals surface area (Å²) in [6, 6.07) is 7.95. The molecule has 2 aromatic heterocycles. The van der Waals surface area contributed by atoms with E-state index in [1.165, 1.54) is 9.71 Å². The van der Waals surface area contributed by atoms with E-state index in [1.807, 2.05) is 31.3 Å². The maximum Gasteiger partial charge on any atom is 0.244 e. The minimum absolute atomic E-state index is 0.128. The summed E-state index contributed by atoms with van der Waals surface area (Å²) in [4.78, 5) is 19.7. The van der Waals surface area contributed by atoms with Gasteiger partial charge in [0.1, 0.15) is 6.04 Å². The van der Waals surface area contributed by atoms with E-state index in [-0.39, 0.29) is 11.9 Å². The third kappa shape index (κ3) is 3.24. The lowest BCUT2D eigenvalue weighted by atomic mass is 9.96. The van der Waals surface area contributed by atoms with E-state index in [1.54, 1.807) is 22.2 Å². The molecule has 0 aliphatic carbocycles. The predicted molar refractivity (Wildman–Crippen MR) is 103 cm³/mol. The first-order valence-corrected chi connectivity index (χ1v) is 9.77. The second-order valence-electron chi connectivity index (χ2n) is 6.79. The average molecular weight is 369 g/mol. The van der Waals surface area contributed by atoms with Gasteiger partial charge in [-0.1, -0.05) is 12.1 Å². The highest BCUT2D eigenvalue weighted by Gasteiger charge is 2.30. The van der Waals surface area contributed by atoms with Crippen LogP contribution in [0, 0.1) is 0 Å². The second kappa shape index (κ2) is 7.17. The molecule has 3 aromatic rings. The molecule has 1 fully saturated rings. The van der Waals surface area contributed by atoms with E-state index in [0.717, 1.165) is 37.0 Å². The number of thiazole rings is 1. The van der Waals surface area contributed by atoms with E-state index in [0.29, 0.717) is 5.92 Å². The Morgan fingerprint density at radius 2 is 2.08 bits per heavy atom. The molecule has 6 nitrogen and oxygen atoms in total. The number of para-hydroxylation sites is 1. The molecular formula is C19H23N5OS. The first-order chi connectivity index (χ1) is 12.7. The fourth-order valence-electron chi connectivity index (χ4n) is 3.62. The highest BCUT2D eigenvalue weighted by Crippen LogP contribution is 2.34. The summed E-state index contributed by atoms with van der Waals surface area (Å²) in [6.45, 7) is 1.55. The van der Waals surface area contributed by atoms with Crippen LogP contribution in [0.5, 0.6) is 0 Å². The molecular weight excluding hydrogens is 346 g/mol. The third-order valence-electron chi connectivity index (χ3n) is 5.06. The van der Waals surface area contributed by atoms with Crippen molar-refractivity contribution in [3.63, 3.8) is 0 Å². The van der Waals surface area contributed by atoms with Gasteiger partial charge in [-0.15, -0.1) is 11.3 Å². The molecule has 1 amide bonds. The Kier molecular flexibility index (Phi) is 4.74. The van der Waals surface area contributed by atoms with Crippen LogP contribution in [0.2, 0.25) is 0 Å². The van der Waals surface area contributed by atoms with Crippen molar-refractivity contribution < 1.29 is 4.79 Å². The van der Waals surface area contributed by atoms with Crippen LogP contribution in [0.15, 0.2) is 36.7 Å². The van der Waals surface area contributed by atoms with Crippen molar-refractivity contribution in [1.82, 2.24) is 25.0 Å². The number of aromatic nitrogens is 3. The van der Waals surface area contributed by atoms with Crippen LogP contribution in [-0.4, -0.2) is 45.7 Å². The number of likely N-dealkylation sites (N-methyl/N-ethyl adjacent to an activating group) is 1. The van der Waals surface area contributed by atoms with Crippen LogP contribution in [0.1, 0.15) is 35.4 Å². The van der Waals surface area contributed by atoms with Crippen molar-refractivity contribution >= 4 is 27.5 Å². The minimum Gasteiger partial charge on any atom is -0.341 e. The number of fused-ring (bicyclic) bond motifs is 1. The van der Waals surface area contributed by atoms with Gasteiger partial charge < -0.3 is 10.2 Å². The molecule has 0 spiro atoms. The lowest BCUT2D eigenvalue weighted by Gasteiger charge is -2.33. The van der Waals surface area contributed by atoms with E-state index in [9.17, 15) is 4.79 Å². The maximum absolute atomic E-state index is 12.9. The number of rotatable bonds is 4. The highest BCUT2D eigenvalue weighted by molar-refractivity contribution is 7.18. The van der Waals surface area contributed by atoms with E-state index >= 15 is 0 Å². The third-order valence-corrected chi connectivity index (χ3v) is 6.26. The lowest BCUT2D eigenvalue weighted by molar-refractivity contribution is -0.134. The van der Waals surface area contributed by atoms with Crippen LogP contribution < -0.4 is 5.32 Å². The number of nitrogens with one attached hydrogen (secondary N) is 1. The summed E-state index contributed by atoms with van der Waals surface area (Å²) in [5.74, 6) is 0.575. The van der Waals surface area contributed by atoms with E-state index in [2.05, 4.69) is 28.6 Å². The minimum atomic E-state index is -0.331. The largest absolute Gasteiger partial charge is 0.341 e. The molecule has 0 saturated carbocycles. The first kappa shape index (κ1) is 17.2. The standard InChI is InChI=1S/C19H23N5OS/c1-20-17(14-11-21-23(2)12-14)19(25)24-9-7-13(8-10-24)18-22-15-5-3-4-6-16(15)26-18/h3-6,11-13,17,20H,7-10H2,1-2H3. The van der Waals surface area contributed by atoms with Crippen LogP contribution >= 0.6 is 11.3 Å². The van der Waals surface area contributed by atoms with Crippen LogP contribution in [-0.2, 0) is 11.8 Å². The molecule has 26 heavy (non-hydrogen) atoms. The molecule has 0 radical (unpaired) electrons. The summed E-state index contributed by atoms with van der Waals surface area (Å²) >= 11 is 1.79. The molecule has 0 bridgehead atoms. The Morgan fingerprint density at radius 1 is 1.31 bits per heavy atom. The summed E-state index contributed by atoms with van der Waals surface area (Å²) in [6.07, 6.45) is 5.59. The summed E-state index contributed by atoms with van der Waals surface area (Å²) in [7, 11) is 3.69. The molecule has 7 heteroatoms. The fraction of sp³-hybridized carbons (Fsp3) is 0.421. The molecule has 3 heterocycles. The van der Waals surface area contributed by atoms with Gasteiger partial charge in [-0.3, -0.25) is 9.48 Å². The van der Waals surface area contributed by atoms with Crippen molar-refractivity contribution in [3.8, 4) is 0 Å². The Morgan fingerprint density at radius 3 is 2.73 bits per heavy atom. The van der Waals surface area contributed by atoms with Gasteiger partial charge >= 0.3 is 0 Å². The molecule has 1 atom stereocenters. The number of aryl methyl sites for hydroxylation is 1. The van der Waals surface area contributed by atoms with Gasteiger partial charge in [0.15, 0.2) is 0 Å². The number of benzene rings is 1. The first-order valence-electron chi connectivity index (χ1n) is 8.96. The number of carbonyl (C=O) groups is 1. The van der Waals surface area contributed by atoms with Gasteiger partial charge in [0.05, 0.1) is 21.4 Å². The van der Waals surface area contributed by atoms with Crippen LogP contribution in [0.25, 0.3) is 10.2 Å². The Bertz CT molecular complexity index is 876. The lowest BCUT2D eigenvalue weighted by Crippen LogP contribution is -2.43. The summed E-state index contributed by atoms with van der Waals surface area (Å²) in [5.41, 5.74) is 1.99. The molecule has 1 aliphatic rings. The van der Waals surface area contributed by atoms with Crippen LogP contribution in [0.3, 0.4) is 0 Å². The predicted octanol–water partition coefficient (Wildman–Crippen LogP) is 2.70. The molecule has 136 valence electrons. The van der Waals surface area contributed by atoms with Gasteiger partial charge in [-0.2, -0.15) is 5.10 Å². The fourth-order valence-corrected chi connectivity index (χ4v) is 4.75. The summed E-state index contributed by atoms with van der Waals surface area (Å²) in [5, 5.41) is 8.52. The zero-order valence-electron chi connectivity index (χ0n) is 15.1. The Balaban J connectivity index is 1.43. The molecule has 1 N–H and O–H groups in total. The van der Waals surface area contributed by atoms with Gasteiger partial charge in [0, 0.05) is 37.8 Å². The van der Waals surface area contributed by atoms with Gasteiger partial charge in [-0.05, 0) is 32.0 Å². The van der Waals surface area contributed by atoms with E-state index in [4.69, 9.17) is 4.98 Å². The zero-order valence-corrected chi connectivity index (χ0v) is 15.9. The van der Waals surface area contributed by atoms with Gasteiger partial charge in [0.2, 0.25) is 5.91 Å². The molecule has 1 unspecified atom stereocenters. The molecule has 4 rings (SSSR count). The number of piperidine rings is 1. The monoisotopic (exact) mass is 369 g/mol. The van der Waals surface area contributed by atoms with E-state index < -0.39 is 0 Å². The SMILES string of the molecule is CNC(C(=O)N1CCC(c2nc3ccccc3s2)CC1)c1cnn(C)c1. The summed E-state index contributed by atoms with van der Waals surface area (Å²) < 4.78 is 2.97.